The van der Waals surface area contributed by atoms with E-state index >= 15 is 0 Å². The van der Waals surface area contributed by atoms with Crippen LogP contribution in [0.5, 0.6) is 0 Å². The van der Waals surface area contributed by atoms with E-state index in [-0.39, 0.29) is 24.2 Å². The molecule has 1 aliphatic carbocycles. The van der Waals surface area contributed by atoms with Gasteiger partial charge >= 0.3 is 0 Å². The van der Waals surface area contributed by atoms with Crippen LogP contribution in [-0.4, -0.2) is 41.6 Å². The van der Waals surface area contributed by atoms with Gasteiger partial charge in [0.1, 0.15) is 11.3 Å². The van der Waals surface area contributed by atoms with Crippen molar-refractivity contribution >= 4 is 17.0 Å². The van der Waals surface area contributed by atoms with Crippen LogP contribution in [0.3, 0.4) is 0 Å². The number of hydrogen-bond acceptors (Lipinski definition) is 4. The first-order valence-electron chi connectivity index (χ1n) is 11.2. The van der Waals surface area contributed by atoms with Crippen molar-refractivity contribution in [3.8, 4) is 0 Å². The maximum Gasteiger partial charge on any atom is 0.254 e. The van der Waals surface area contributed by atoms with E-state index in [1.807, 2.05) is 17.0 Å². The molecule has 0 spiro atoms. The highest BCUT2D eigenvalue weighted by atomic mass is 19.1. The number of hydrogen-bond donors (Lipinski definition) is 0. The van der Waals surface area contributed by atoms with Crippen molar-refractivity contribution in [3.63, 3.8) is 0 Å². The van der Waals surface area contributed by atoms with Gasteiger partial charge in [-0.25, -0.2) is 9.37 Å². The minimum absolute atomic E-state index is 0.0105. The number of carbonyl (C=O) groups excluding carboxylic acids is 1. The highest BCUT2D eigenvalue weighted by molar-refractivity contribution is 5.97. The van der Waals surface area contributed by atoms with Crippen LogP contribution in [0, 0.1) is 11.7 Å². The summed E-state index contributed by atoms with van der Waals surface area (Å²) in [7, 11) is 0. The predicted molar refractivity (Wildman–Crippen MR) is 115 cm³/mol. The van der Waals surface area contributed by atoms with Crippen molar-refractivity contribution in [3.05, 3.63) is 65.3 Å². The molecule has 1 aromatic heterocycles. The summed E-state index contributed by atoms with van der Waals surface area (Å²) in [5, 5.41) is 0. The molecule has 1 atom stereocenters. The zero-order chi connectivity index (χ0) is 21.2. The second-order valence-electron chi connectivity index (χ2n) is 8.70. The van der Waals surface area contributed by atoms with Crippen LogP contribution in [0.4, 0.5) is 4.39 Å². The van der Waals surface area contributed by atoms with E-state index in [1.54, 1.807) is 24.3 Å². The Morgan fingerprint density at radius 1 is 1.10 bits per heavy atom. The summed E-state index contributed by atoms with van der Waals surface area (Å²) in [6.07, 6.45) is 6.11. The molecule has 5 nitrogen and oxygen atoms in total. The Bertz CT molecular complexity index is 1070. The summed E-state index contributed by atoms with van der Waals surface area (Å²) < 4.78 is 25.6. The first-order valence-corrected chi connectivity index (χ1v) is 11.2. The molecule has 3 aromatic rings. The normalized spacial score (nSPS) is 18.9. The topological polar surface area (TPSA) is 55.6 Å². The molecule has 2 aromatic carbocycles. The van der Waals surface area contributed by atoms with E-state index in [4.69, 9.17) is 9.15 Å². The molecule has 1 saturated heterocycles. The largest absolute Gasteiger partial charge is 0.440 e. The van der Waals surface area contributed by atoms with Crippen LogP contribution < -0.4 is 0 Å². The number of rotatable bonds is 7. The monoisotopic (exact) mass is 422 g/mol. The van der Waals surface area contributed by atoms with E-state index in [9.17, 15) is 9.18 Å². The van der Waals surface area contributed by atoms with Crippen molar-refractivity contribution in [2.75, 3.05) is 19.7 Å². The summed E-state index contributed by atoms with van der Waals surface area (Å²) in [5.41, 5.74) is 2.36. The highest BCUT2D eigenvalue weighted by Gasteiger charge is 2.28. The van der Waals surface area contributed by atoms with Gasteiger partial charge in [-0.2, -0.15) is 0 Å². The lowest BCUT2D eigenvalue weighted by Crippen LogP contribution is -2.41. The molecule has 0 bridgehead atoms. The van der Waals surface area contributed by atoms with Gasteiger partial charge in [0, 0.05) is 25.3 Å². The van der Waals surface area contributed by atoms with E-state index in [0.29, 0.717) is 40.6 Å². The summed E-state index contributed by atoms with van der Waals surface area (Å²) in [5.74, 6) is 0.764. The molecule has 0 radical (unpaired) electrons. The molecule has 31 heavy (non-hydrogen) atoms. The lowest BCUT2D eigenvalue weighted by atomic mass is 9.85. The Morgan fingerprint density at radius 2 is 1.97 bits per heavy atom. The maximum absolute atomic E-state index is 14.0. The van der Waals surface area contributed by atoms with Gasteiger partial charge in [0.05, 0.1) is 12.5 Å². The number of oxazole rings is 1. The first-order chi connectivity index (χ1) is 15.2. The number of amides is 1. The van der Waals surface area contributed by atoms with Gasteiger partial charge in [-0.15, -0.1) is 0 Å². The number of halogens is 1. The van der Waals surface area contributed by atoms with Crippen LogP contribution in [0.25, 0.3) is 11.1 Å². The molecule has 0 N–H and O–H groups in total. The first kappa shape index (κ1) is 20.2. The number of ether oxygens (including phenoxy) is 1. The van der Waals surface area contributed by atoms with Crippen molar-refractivity contribution in [2.24, 2.45) is 5.92 Å². The van der Waals surface area contributed by atoms with Crippen molar-refractivity contribution in [1.82, 2.24) is 9.88 Å². The van der Waals surface area contributed by atoms with Crippen LogP contribution in [0.2, 0.25) is 0 Å². The molecule has 2 fully saturated rings. The number of benzene rings is 2. The summed E-state index contributed by atoms with van der Waals surface area (Å²) in [6, 6.07) is 12.0. The third-order valence-electron chi connectivity index (χ3n) is 6.42. The zero-order valence-electron chi connectivity index (χ0n) is 17.6. The number of aromatic nitrogens is 1. The Morgan fingerprint density at radius 3 is 2.71 bits per heavy atom. The Balaban J connectivity index is 1.35. The quantitative estimate of drug-likeness (QED) is 0.539. The minimum atomic E-state index is -0.276. The fraction of sp³-hybridized carbons (Fsp3) is 0.440. The average Bonchev–Trinajstić information content (AvgIpc) is 3.39. The maximum atomic E-state index is 14.0. The molecule has 1 unspecified atom stereocenters. The van der Waals surface area contributed by atoms with E-state index in [0.717, 1.165) is 26.0 Å². The SMILES string of the molecule is O=C(c1ccc2nc(Cc3ccccc3F)oc2c1)N(CC1CCC1)CC1CCCO1. The number of carbonyl (C=O) groups is 1. The predicted octanol–water partition coefficient (Wildman–Crippen LogP) is 4.98. The third-order valence-corrected chi connectivity index (χ3v) is 6.42. The van der Waals surface area contributed by atoms with Crippen LogP contribution in [0.1, 0.15) is 53.9 Å². The fourth-order valence-corrected chi connectivity index (χ4v) is 4.43. The molecular weight excluding hydrogens is 395 g/mol. The van der Waals surface area contributed by atoms with Gasteiger partial charge in [0.2, 0.25) is 0 Å². The molecule has 162 valence electrons. The number of fused-ring (bicyclic) bond motifs is 1. The van der Waals surface area contributed by atoms with E-state index < -0.39 is 0 Å². The molecular formula is C25H27FN2O3. The smallest absolute Gasteiger partial charge is 0.254 e. The summed E-state index contributed by atoms with van der Waals surface area (Å²) in [4.78, 5) is 19.8. The molecule has 2 aliphatic rings. The van der Waals surface area contributed by atoms with Crippen LogP contribution >= 0.6 is 0 Å². The van der Waals surface area contributed by atoms with Gasteiger partial charge in [-0.3, -0.25) is 4.79 Å². The molecule has 1 aliphatic heterocycles. The second kappa shape index (κ2) is 8.79. The summed E-state index contributed by atoms with van der Waals surface area (Å²) >= 11 is 0. The van der Waals surface area contributed by atoms with Crippen molar-refractivity contribution in [2.45, 2.75) is 44.6 Å². The zero-order valence-corrected chi connectivity index (χ0v) is 17.6. The van der Waals surface area contributed by atoms with Gasteiger partial charge in [-0.1, -0.05) is 24.6 Å². The Labute approximate surface area is 181 Å². The Hall–Kier alpha value is -2.73. The molecule has 1 saturated carbocycles. The lowest BCUT2D eigenvalue weighted by Gasteiger charge is -2.33. The van der Waals surface area contributed by atoms with Gasteiger partial charge in [0.25, 0.3) is 5.91 Å². The standard InChI is InChI=1S/C25H27FN2O3/c26-21-9-2-1-7-18(21)14-24-27-22-11-10-19(13-23(22)31-24)25(29)28(15-17-5-3-6-17)16-20-8-4-12-30-20/h1-2,7,9-11,13,17,20H,3-6,8,12,14-16H2. The molecule has 1 amide bonds. The molecule has 6 heteroatoms. The minimum Gasteiger partial charge on any atom is -0.440 e. The van der Waals surface area contributed by atoms with Gasteiger partial charge < -0.3 is 14.1 Å². The van der Waals surface area contributed by atoms with E-state index in [1.165, 1.54) is 25.3 Å². The summed E-state index contributed by atoms with van der Waals surface area (Å²) in [6.45, 7) is 2.21. The van der Waals surface area contributed by atoms with E-state index in [2.05, 4.69) is 4.98 Å². The lowest BCUT2D eigenvalue weighted by molar-refractivity contribution is 0.0448. The molecule has 5 rings (SSSR count). The highest BCUT2D eigenvalue weighted by Crippen LogP contribution is 2.29. The molecule has 2 heterocycles. The van der Waals surface area contributed by atoms with Crippen LogP contribution in [0.15, 0.2) is 46.9 Å². The van der Waals surface area contributed by atoms with Gasteiger partial charge in [-0.05, 0) is 61.4 Å². The van der Waals surface area contributed by atoms with Crippen molar-refractivity contribution in [1.29, 1.82) is 0 Å². The average molecular weight is 423 g/mol. The fourth-order valence-electron chi connectivity index (χ4n) is 4.43. The van der Waals surface area contributed by atoms with Crippen molar-refractivity contribution < 1.29 is 18.3 Å². The number of nitrogens with zero attached hydrogens (tertiary/aromatic N) is 2. The Kier molecular flexibility index (Phi) is 5.72. The second-order valence-corrected chi connectivity index (χ2v) is 8.70. The third kappa shape index (κ3) is 4.49. The van der Waals surface area contributed by atoms with Crippen LogP contribution in [-0.2, 0) is 11.2 Å². The van der Waals surface area contributed by atoms with Gasteiger partial charge in [0.15, 0.2) is 11.5 Å².